The Balaban J connectivity index is 1.91. The van der Waals surface area contributed by atoms with E-state index < -0.39 is 5.97 Å². The topological polar surface area (TPSA) is 58.6 Å². The van der Waals surface area contributed by atoms with Crippen LogP contribution in [0.25, 0.3) is 0 Å². The summed E-state index contributed by atoms with van der Waals surface area (Å²) >= 11 is 6.09. The molecule has 1 heterocycles. The number of rotatable bonds is 5. The Bertz CT molecular complexity index is 569. The van der Waals surface area contributed by atoms with Crippen LogP contribution in [0.1, 0.15) is 36.5 Å². The summed E-state index contributed by atoms with van der Waals surface area (Å²) in [5.74, 6) is -0.0401. The van der Waals surface area contributed by atoms with Gasteiger partial charge in [-0.1, -0.05) is 11.6 Å². The maximum Gasteiger partial charge on any atom is 0.339 e. The third kappa shape index (κ3) is 5.22. The van der Waals surface area contributed by atoms with E-state index in [1.165, 1.54) is 0 Å². The van der Waals surface area contributed by atoms with Crippen molar-refractivity contribution in [3.63, 3.8) is 0 Å². The number of anilines is 1. The van der Waals surface area contributed by atoms with E-state index in [1.807, 2.05) is 0 Å². The molecule has 0 bridgehead atoms. The number of amides is 1. The number of benzene rings is 1. The van der Waals surface area contributed by atoms with Gasteiger partial charge in [-0.05, 0) is 64.0 Å². The minimum atomic E-state index is -0.457. The van der Waals surface area contributed by atoms with Crippen LogP contribution in [0.3, 0.4) is 0 Å². The molecule has 1 fully saturated rings. The number of halogens is 1. The maximum atomic E-state index is 12.1. The van der Waals surface area contributed by atoms with Gasteiger partial charge in [0.05, 0.1) is 17.2 Å². The molecule has 1 aromatic rings. The second kappa shape index (κ2) is 8.31. The molecule has 5 nitrogen and oxygen atoms in total. The number of nitrogens with zero attached hydrogens (tertiary/aromatic N) is 1. The highest BCUT2D eigenvalue weighted by Gasteiger charge is 2.20. The minimum absolute atomic E-state index is 0.0143. The second-order valence-corrected chi connectivity index (χ2v) is 6.32. The normalized spacial score (nSPS) is 16.1. The number of carbonyl (C=O) groups excluding carboxylic acids is 2. The van der Waals surface area contributed by atoms with Gasteiger partial charge >= 0.3 is 5.97 Å². The SMILES string of the molecule is CCOC(=O)c1ccc(NC(=O)CC2CCN(C)CC2)cc1Cl. The summed E-state index contributed by atoms with van der Waals surface area (Å²) in [5.41, 5.74) is 0.905. The number of hydrogen-bond donors (Lipinski definition) is 1. The quantitative estimate of drug-likeness (QED) is 0.838. The summed E-state index contributed by atoms with van der Waals surface area (Å²) in [6.07, 6.45) is 2.62. The summed E-state index contributed by atoms with van der Waals surface area (Å²) < 4.78 is 4.92. The van der Waals surface area contributed by atoms with Gasteiger partial charge in [-0.2, -0.15) is 0 Å². The van der Waals surface area contributed by atoms with Crippen molar-refractivity contribution in [1.82, 2.24) is 4.90 Å². The smallest absolute Gasteiger partial charge is 0.339 e. The van der Waals surface area contributed by atoms with Gasteiger partial charge in [0.1, 0.15) is 0 Å². The molecule has 0 unspecified atom stereocenters. The van der Waals surface area contributed by atoms with Gasteiger partial charge in [-0.15, -0.1) is 0 Å². The molecule has 1 amide bonds. The largest absolute Gasteiger partial charge is 0.462 e. The van der Waals surface area contributed by atoms with Gasteiger partial charge in [0, 0.05) is 12.1 Å². The third-order valence-electron chi connectivity index (χ3n) is 4.06. The van der Waals surface area contributed by atoms with E-state index in [-0.39, 0.29) is 10.9 Å². The summed E-state index contributed by atoms with van der Waals surface area (Å²) in [4.78, 5) is 26.1. The molecule has 0 spiro atoms. The van der Waals surface area contributed by atoms with Gasteiger partial charge in [0.25, 0.3) is 0 Å². The van der Waals surface area contributed by atoms with Crippen LogP contribution in [-0.4, -0.2) is 43.5 Å². The first-order chi connectivity index (χ1) is 11.0. The van der Waals surface area contributed by atoms with E-state index >= 15 is 0 Å². The molecule has 0 radical (unpaired) electrons. The summed E-state index contributed by atoms with van der Waals surface area (Å²) in [5, 5.41) is 3.13. The molecule has 126 valence electrons. The van der Waals surface area contributed by atoms with Gasteiger partial charge in [-0.25, -0.2) is 4.79 Å². The van der Waals surface area contributed by atoms with Crippen LogP contribution < -0.4 is 5.32 Å². The zero-order valence-electron chi connectivity index (χ0n) is 13.6. The first-order valence-electron chi connectivity index (χ1n) is 7.94. The lowest BCUT2D eigenvalue weighted by Crippen LogP contribution is -2.31. The van der Waals surface area contributed by atoms with E-state index in [0.29, 0.717) is 30.2 Å². The zero-order chi connectivity index (χ0) is 16.8. The van der Waals surface area contributed by atoms with E-state index in [1.54, 1.807) is 25.1 Å². The van der Waals surface area contributed by atoms with Crippen molar-refractivity contribution in [1.29, 1.82) is 0 Å². The van der Waals surface area contributed by atoms with Crippen LogP contribution in [-0.2, 0) is 9.53 Å². The molecule has 1 aromatic carbocycles. The van der Waals surface area contributed by atoms with E-state index in [2.05, 4.69) is 17.3 Å². The Labute approximate surface area is 141 Å². The number of piperidine rings is 1. The molecule has 0 saturated carbocycles. The van der Waals surface area contributed by atoms with Crippen LogP contribution in [0.5, 0.6) is 0 Å². The number of esters is 1. The first-order valence-corrected chi connectivity index (χ1v) is 8.32. The van der Waals surface area contributed by atoms with E-state index in [4.69, 9.17) is 16.3 Å². The second-order valence-electron chi connectivity index (χ2n) is 5.91. The van der Waals surface area contributed by atoms with Crippen molar-refractivity contribution in [2.75, 3.05) is 32.1 Å². The molecule has 0 atom stereocenters. The number of ether oxygens (including phenoxy) is 1. The molecule has 23 heavy (non-hydrogen) atoms. The van der Waals surface area contributed by atoms with E-state index in [9.17, 15) is 9.59 Å². The lowest BCUT2D eigenvalue weighted by Gasteiger charge is -2.28. The number of carbonyl (C=O) groups is 2. The van der Waals surface area contributed by atoms with Gasteiger partial charge in [-0.3, -0.25) is 4.79 Å². The molecule has 2 rings (SSSR count). The fraction of sp³-hybridized carbons (Fsp3) is 0.529. The summed E-state index contributed by atoms with van der Waals surface area (Å²) in [6.45, 7) is 4.11. The van der Waals surface area contributed by atoms with Crippen LogP contribution in [0.4, 0.5) is 5.69 Å². The van der Waals surface area contributed by atoms with Gasteiger partial charge in [0.2, 0.25) is 5.91 Å². The predicted molar refractivity (Wildman–Crippen MR) is 90.9 cm³/mol. The Morgan fingerprint density at radius 3 is 2.65 bits per heavy atom. The fourth-order valence-corrected chi connectivity index (χ4v) is 2.97. The summed E-state index contributed by atoms with van der Waals surface area (Å²) in [6, 6.07) is 4.83. The van der Waals surface area contributed by atoms with Crippen LogP contribution >= 0.6 is 11.6 Å². The van der Waals surface area contributed by atoms with E-state index in [0.717, 1.165) is 25.9 Å². The van der Waals surface area contributed by atoms with Crippen molar-refractivity contribution in [2.24, 2.45) is 5.92 Å². The molecule has 0 aromatic heterocycles. The average molecular weight is 339 g/mol. The maximum absolute atomic E-state index is 12.1. The lowest BCUT2D eigenvalue weighted by atomic mass is 9.93. The Morgan fingerprint density at radius 1 is 1.35 bits per heavy atom. The molecule has 6 heteroatoms. The number of likely N-dealkylation sites (tertiary alicyclic amines) is 1. The molecular formula is C17H23ClN2O3. The van der Waals surface area contributed by atoms with Crippen molar-refractivity contribution in [2.45, 2.75) is 26.2 Å². The van der Waals surface area contributed by atoms with Crippen LogP contribution in [0.15, 0.2) is 18.2 Å². The Kier molecular flexibility index (Phi) is 6.42. The number of hydrogen-bond acceptors (Lipinski definition) is 4. The van der Waals surface area contributed by atoms with Gasteiger partial charge < -0.3 is 15.0 Å². The van der Waals surface area contributed by atoms with Crippen molar-refractivity contribution < 1.29 is 14.3 Å². The average Bonchev–Trinajstić information content (AvgIpc) is 2.50. The highest BCUT2D eigenvalue weighted by molar-refractivity contribution is 6.34. The molecule has 1 N–H and O–H groups in total. The third-order valence-corrected chi connectivity index (χ3v) is 4.37. The molecular weight excluding hydrogens is 316 g/mol. The molecule has 0 aliphatic carbocycles. The lowest BCUT2D eigenvalue weighted by molar-refractivity contribution is -0.117. The van der Waals surface area contributed by atoms with Crippen LogP contribution in [0.2, 0.25) is 5.02 Å². The minimum Gasteiger partial charge on any atom is -0.462 e. The highest BCUT2D eigenvalue weighted by Crippen LogP contribution is 2.24. The summed E-state index contributed by atoms with van der Waals surface area (Å²) in [7, 11) is 2.10. The van der Waals surface area contributed by atoms with Crippen molar-refractivity contribution >= 4 is 29.2 Å². The molecule has 1 saturated heterocycles. The standard InChI is InChI=1S/C17H23ClN2O3/c1-3-23-17(22)14-5-4-13(11-15(14)18)19-16(21)10-12-6-8-20(2)9-7-12/h4-5,11-12H,3,6-10H2,1-2H3,(H,19,21). The Morgan fingerprint density at radius 2 is 2.04 bits per heavy atom. The van der Waals surface area contributed by atoms with Gasteiger partial charge in [0.15, 0.2) is 0 Å². The van der Waals surface area contributed by atoms with Crippen molar-refractivity contribution in [3.05, 3.63) is 28.8 Å². The number of nitrogens with one attached hydrogen (secondary N) is 1. The molecule has 1 aliphatic rings. The van der Waals surface area contributed by atoms with Crippen molar-refractivity contribution in [3.8, 4) is 0 Å². The molecule has 1 aliphatic heterocycles. The monoisotopic (exact) mass is 338 g/mol. The first kappa shape index (κ1) is 17.8. The zero-order valence-corrected chi connectivity index (χ0v) is 14.4. The Hall–Kier alpha value is -1.59. The van der Waals surface area contributed by atoms with Crippen LogP contribution in [0, 0.1) is 5.92 Å². The fourth-order valence-electron chi connectivity index (χ4n) is 2.71. The predicted octanol–water partition coefficient (Wildman–Crippen LogP) is 3.19. The highest BCUT2D eigenvalue weighted by atomic mass is 35.5.